The minimum Gasteiger partial charge on any atom is -0.336 e. The fourth-order valence-electron chi connectivity index (χ4n) is 3.31. The van der Waals surface area contributed by atoms with Crippen LogP contribution < -0.4 is 0 Å². The van der Waals surface area contributed by atoms with E-state index < -0.39 is 0 Å². The molecule has 3 rings (SSSR count). The predicted molar refractivity (Wildman–Crippen MR) is 99.8 cm³/mol. The molecule has 1 amide bonds. The minimum absolute atomic E-state index is 0.149. The van der Waals surface area contributed by atoms with Crippen LogP contribution in [-0.2, 0) is 6.54 Å². The third kappa shape index (κ3) is 4.28. The highest BCUT2D eigenvalue weighted by Crippen LogP contribution is 2.13. The molecule has 1 aromatic carbocycles. The van der Waals surface area contributed by atoms with Crippen LogP contribution in [0.5, 0.6) is 0 Å². The lowest BCUT2D eigenvalue weighted by molar-refractivity contribution is 0.0633. The molecule has 0 unspecified atom stereocenters. The zero-order chi connectivity index (χ0) is 17.8. The highest BCUT2D eigenvalue weighted by molar-refractivity contribution is 5.94. The van der Waals surface area contributed by atoms with Crippen molar-refractivity contribution in [3.63, 3.8) is 0 Å². The Hall–Kier alpha value is -2.14. The van der Waals surface area contributed by atoms with Crippen LogP contribution in [0.15, 0.2) is 36.7 Å². The molecular weight excluding hydrogens is 312 g/mol. The van der Waals surface area contributed by atoms with Gasteiger partial charge in [-0.15, -0.1) is 0 Å². The molecule has 0 bridgehead atoms. The number of rotatable bonds is 5. The standard InChI is InChI=1S/C20H28N4O/c1-16(2)19-21-8-9-23(19)13-10-22-11-14-24(15-12-22)20(25)18-6-4-17(3)5-7-18/h4-9,16H,10-15H2,1-3H3. The smallest absolute Gasteiger partial charge is 0.253 e. The molecular formula is C20H28N4O. The van der Waals surface area contributed by atoms with Crippen molar-refractivity contribution in [2.24, 2.45) is 0 Å². The Morgan fingerprint density at radius 3 is 2.40 bits per heavy atom. The summed E-state index contributed by atoms with van der Waals surface area (Å²) in [6.45, 7) is 11.8. The predicted octanol–water partition coefficient (Wildman–Crippen LogP) is 2.77. The van der Waals surface area contributed by atoms with Crippen molar-refractivity contribution in [3.8, 4) is 0 Å². The van der Waals surface area contributed by atoms with Crippen LogP contribution in [0.2, 0.25) is 0 Å². The molecule has 2 heterocycles. The second kappa shape index (κ2) is 7.83. The molecule has 1 saturated heterocycles. The molecule has 1 fully saturated rings. The first-order valence-electron chi connectivity index (χ1n) is 9.14. The van der Waals surface area contributed by atoms with E-state index in [4.69, 9.17) is 0 Å². The number of aryl methyl sites for hydroxylation is 1. The summed E-state index contributed by atoms with van der Waals surface area (Å²) in [5.74, 6) is 1.74. The van der Waals surface area contributed by atoms with Gasteiger partial charge in [-0.3, -0.25) is 9.69 Å². The summed E-state index contributed by atoms with van der Waals surface area (Å²) in [6.07, 6.45) is 3.94. The second-order valence-corrected chi connectivity index (χ2v) is 7.13. The van der Waals surface area contributed by atoms with E-state index in [2.05, 4.69) is 34.5 Å². The fourth-order valence-corrected chi connectivity index (χ4v) is 3.31. The monoisotopic (exact) mass is 340 g/mol. The highest BCUT2D eigenvalue weighted by Gasteiger charge is 2.22. The SMILES string of the molecule is Cc1ccc(C(=O)N2CCN(CCn3ccnc3C(C)C)CC2)cc1. The number of aromatic nitrogens is 2. The largest absolute Gasteiger partial charge is 0.336 e. The maximum absolute atomic E-state index is 12.6. The van der Waals surface area contributed by atoms with Gasteiger partial charge in [0.25, 0.3) is 5.91 Å². The molecule has 5 heteroatoms. The molecule has 0 radical (unpaired) electrons. The quantitative estimate of drug-likeness (QED) is 0.840. The lowest BCUT2D eigenvalue weighted by Gasteiger charge is -2.35. The minimum atomic E-state index is 0.149. The zero-order valence-corrected chi connectivity index (χ0v) is 15.5. The Kier molecular flexibility index (Phi) is 5.53. The van der Waals surface area contributed by atoms with Crippen molar-refractivity contribution < 1.29 is 4.79 Å². The summed E-state index contributed by atoms with van der Waals surface area (Å²) < 4.78 is 2.24. The number of nitrogens with zero attached hydrogens (tertiary/aromatic N) is 4. The number of carbonyl (C=O) groups is 1. The van der Waals surface area contributed by atoms with E-state index in [1.54, 1.807) is 0 Å². The number of amides is 1. The van der Waals surface area contributed by atoms with E-state index in [9.17, 15) is 4.79 Å². The summed E-state index contributed by atoms with van der Waals surface area (Å²) in [5.41, 5.74) is 1.97. The van der Waals surface area contributed by atoms with Crippen molar-refractivity contribution in [1.82, 2.24) is 19.4 Å². The van der Waals surface area contributed by atoms with Crippen LogP contribution >= 0.6 is 0 Å². The molecule has 25 heavy (non-hydrogen) atoms. The van der Waals surface area contributed by atoms with Gasteiger partial charge in [0.15, 0.2) is 0 Å². The van der Waals surface area contributed by atoms with Crippen molar-refractivity contribution in [2.75, 3.05) is 32.7 Å². The molecule has 0 aliphatic carbocycles. The van der Waals surface area contributed by atoms with E-state index >= 15 is 0 Å². The number of imidazole rings is 1. The third-order valence-electron chi connectivity index (χ3n) is 4.88. The molecule has 134 valence electrons. The van der Waals surface area contributed by atoms with Crippen molar-refractivity contribution in [2.45, 2.75) is 33.2 Å². The van der Waals surface area contributed by atoms with Crippen LogP contribution in [0, 0.1) is 6.92 Å². The van der Waals surface area contributed by atoms with Crippen LogP contribution in [0.25, 0.3) is 0 Å². The molecule has 1 aliphatic rings. The molecule has 0 spiro atoms. The third-order valence-corrected chi connectivity index (χ3v) is 4.88. The van der Waals surface area contributed by atoms with Crippen molar-refractivity contribution >= 4 is 5.91 Å². The Balaban J connectivity index is 1.49. The maximum atomic E-state index is 12.6. The van der Waals surface area contributed by atoms with E-state index in [0.29, 0.717) is 5.92 Å². The van der Waals surface area contributed by atoms with E-state index in [1.807, 2.05) is 42.3 Å². The van der Waals surface area contributed by atoms with Crippen molar-refractivity contribution in [1.29, 1.82) is 0 Å². The van der Waals surface area contributed by atoms with Gasteiger partial charge in [-0.2, -0.15) is 0 Å². The average molecular weight is 340 g/mol. The number of carbonyl (C=O) groups excluding carboxylic acids is 1. The zero-order valence-electron chi connectivity index (χ0n) is 15.5. The van der Waals surface area contributed by atoms with Gasteiger partial charge in [-0.05, 0) is 19.1 Å². The number of piperazine rings is 1. The lowest BCUT2D eigenvalue weighted by Crippen LogP contribution is -2.49. The van der Waals surface area contributed by atoms with Gasteiger partial charge in [-0.25, -0.2) is 4.98 Å². The molecule has 1 aromatic heterocycles. The number of benzene rings is 1. The molecule has 0 atom stereocenters. The Morgan fingerprint density at radius 2 is 1.76 bits per heavy atom. The van der Waals surface area contributed by atoms with Gasteiger partial charge < -0.3 is 9.47 Å². The number of hydrogen-bond acceptors (Lipinski definition) is 3. The lowest BCUT2D eigenvalue weighted by atomic mass is 10.1. The summed E-state index contributed by atoms with van der Waals surface area (Å²) in [5, 5.41) is 0. The second-order valence-electron chi connectivity index (χ2n) is 7.13. The summed E-state index contributed by atoms with van der Waals surface area (Å²) in [4.78, 5) is 21.4. The van der Waals surface area contributed by atoms with Crippen LogP contribution in [-0.4, -0.2) is 58.0 Å². The van der Waals surface area contributed by atoms with Crippen LogP contribution in [0.1, 0.15) is 41.5 Å². The van der Waals surface area contributed by atoms with Gasteiger partial charge in [0.1, 0.15) is 5.82 Å². The van der Waals surface area contributed by atoms with Crippen molar-refractivity contribution in [3.05, 3.63) is 53.6 Å². The summed E-state index contributed by atoms with van der Waals surface area (Å²) >= 11 is 0. The fraction of sp³-hybridized carbons (Fsp3) is 0.500. The van der Waals surface area contributed by atoms with Gasteiger partial charge in [0.05, 0.1) is 0 Å². The van der Waals surface area contributed by atoms with Gasteiger partial charge >= 0.3 is 0 Å². The maximum Gasteiger partial charge on any atom is 0.253 e. The van der Waals surface area contributed by atoms with Crippen LogP contribution in [0.3, 0.4) is 0 Å². The Bertz CT molecular complexity index is 697. The van der Waals surface area contributed by atoms with Gasteiger partial charge in [0.2, 0.25) is 0 Å². The molecule has 2 aromatic rings. The summed E-state index contributed by atoms with van der Waals surface area (Å²) in [6, 6.07) is 7.86. The Labute approximate surface area is 150 Å². The van der Waals surface area contributed by atoms with E-state index in [1.165, 1.54) is 5.56 Å². The first-order valence-corrected chi connectivity index (χ1v) is 9.14. The topological polar surface area (TPSA) is 41.4 Å². The van der Waals surface area contributed by atoms with Gasteiger partial charge in [0, 0.05) is 63.1 Å². The molecule has 0 N–H and O–H groups in total. The summed E-state index contributed by atoms with van der Waals surface area (Å²) in [7, 11) is 0. The first-order chi connectivity index (χ1) is 12.0. The van der Waals surface area contributed by atoms with Gasteiger partial charge in [-0.1, -0.05) is 31.5 Å². The normalized spacial score (nSPS) is 15.8. The average Bonchev–Trinajstić information content (AvgIpc) is 3.09. The first kappa shape index (κ1) is 17.7. The molecule has 0 saturated carbocycles. The number of hydrogen-bond donors (Lipinski definition) is 0. The molecule has 1 aliphatic heterocycles. The van der Waals surface area contributed by atoms with E-state index in [-0.39, 0.29) is 5.91 Å². The van der Waals surface area contributed by atoms with E-state index in [0.717, 1.165) is 50.7 Å². The van der Waals surface area contributed by atoms with Crippen LogP contribution in [0.4, 0.5) is 0 Å². The Morgan fingerprint density at radius 1 is 1.08 bits per heavy atom. The highest BCUT2D eigenvalue weighted by atomic mass is 16.2. The molecule has 5 nitrogen and oxygen atoms in total.